The van der Waals surface area contributed by atoms with E-state index in [0.717, 1.165) is 10.0 Å². The molecule has 1 rings (SSSR count). The van der Waals surface area contributed by atoms with Crippen LogP contribution in [0.3, 0.4) is 0 Å². The van der Waals surface area contributed by atoms with Crippen LogP contribution in [0.2, 0.25) is 0 Å². The van der Waals surface area contributed by atoms with Gasteiger partial charge in [0.15, 0.2) is 0 Å². The molecule has 0 saturated heterocycles. The van der Waals surface area contributed by atoms with Crippen molar-refractivity contribution in [2.45, 2.75) is 31.7 Å². The highest BCUT2D eigenvalue weighted by molar-refractivity contribution is 9.10. The van der Waals surface area contributed by atoms with E-state index in [1.165, 1.54) is 17.9 Å². The lowest BCUT2D eigenvalue weighted by Gasteiger charge is -2.20. The fraction of sp³-hybridized carbons (Fsp3) is 0.462. The molecule has 1 amide bonds. The second kappa shape index (κ2) is 6.69. The van der Waals surface area contributed by atoms with Gasteiger partial charge in [-0.05, 0) is 44.5 Å². The molecule has 0 aliphatic rings. The van der Waals surface area contributed by atoms with Gasteiger partial charge in [0.2, 0.25) is 15.9 Å². The first-order chi connectivity index (χ1) is 9.19. The molecule has 20 heavy (non-hydrogen) atoms. The van der Waals surface area contributed by atoms with Gasteiger partial charge in [-0.1, -0.05) is 15.9 Å². The number of amides is 1. The van der Waals surface area contributed by atoms with Crippen LogP contribution in [-0.2, 0) is 14.8 Å². The van der Waals surface area contributed by atoms with Crippen molar-refractivity contribution in [3.05, 3.63) is 28.2 Å². The van der Waals surface area contributed by atoms with Gasteiger partial charge >= 0.3 is 0 Å². The van der Waals surface area contributed by atoms with Gasteiger partial charge in [-0.2, -0.15) is 4.72 Å². The highest BCUT2D eigenvalue weighted by Crippen LogP contribution is 2.20. The first kappa shape index (κ1) is 17.1. The summed E-state index contributed by atoms with van der Waals surface area (Å²) in [4.78, 5) is 13.5. The molecule has 0 spiro atoms. The van der Waals surface area contributed by atoms with Crippen molar-refractivity contribution in [3.63, 3.8) is 0 Å². The highest BCUT2D eigenvalue weighted by atomic mass is 79.9. The molecule has 0 fully saturated rings. The number of hydrogen-bond acceptors (Lipinski definition) is 3. The molecule has 1 atom stereocenters. The number of rotatable bonds is 5. The zero-order valence-corrected chi connectivity index (χ0v) is 14.4. The van der Waals surface area contributed by atoms with E-state index in [1.54, 1.807) is 19.2 Å². The number of likely N-dealkylation sites (N-methyl/N-ethyl adjacent to an activating group) is 1. The van der Waals surface area contributed by atoms with Crippen LogP contribution < -0.4 is 4.72 Å². The number of hydrogen-bond donors (Lipinski definition) is 1. The van der Waals surface area contributed by atoms with Crippen LogP contribution in [0.1, 0.15) is 19.4 Å². The number of halogens is 1. The molecule has 0 aliphatic carbocycles. The van der Waals surface area contributed by atoms with Gasteiger partial charge in [-0.15, -0.1) is 0 Å². The number of benzene rings is 1. The van der Waals surface area contributed by atoms with Crippen LogP contribution >= 0.6 is 15.9 Å². The van der Waals surface area contributed by atoms with E-state index in [1.807, 2.05) is 13.8 Å². The van der Waals surface area contributed by atoms with Crippen molar-refractivity contribution < 1.29 is 13.2 Å². The van der Waals surface area contributed by atoms with Crippen LogP contribution in [0, 0.1) is 6.92 Å². The fourth-order valence-electron chi connectivity index (χ4n) is 1.62. The average Bonchev–Trinajstić information content (AvgIpc) is 2.39. The quantitative estimate of drug-likeness (QED) is 0.869. The maximum Gasteiger partial charge on any atom is 0.241 e. The van der Waals surface area contributed by atoms with E-state index >= 15 is 0 Å². The summed E-state index contributed by atoms with van der Waals surface area (Å²) in [5, 5.41) is 0. The molecule has 0 aliphatic heterocycles. The van der Waals surface area contributed by atoms with Gasteiger partial charge < -0.3 is 4.90 Å². The zero-order chi connectivity index (χ0) is 15.5. The van der Waals surface area contributed by atoms with E-state index in [9.17, 15) is 13.2 Å². The Hall–Kier alpha value is -0.920. The van der Waals surface area contributed by atoms with E-state index < -0.39 is 16.1 Å². The molecule has 1 aromatic rings. The number of sulfonamides is 1. The molecular formula is C13H19BrN2O3S. The lowest BCUT2D eigenvalue weighted by molar-refractivity contribution is -0.131. The van der Waals surface area contributed by atoms with Gasteiger partial charge in [0, 0.05) is 18.1 Å². The normalized spacial score (nSPS) is 13.1. The third-order valence-electron chi connectivity index (χ3n) is 2.99. The SMILES string of the molecule is CCN(C)C(=O)C(C)NS(=O)(=O)c1ccc(Br)c(C)c1. The molecule has 1 aromatic carbocycles. The Kier molecular flexibility index (Phi) is 5.73. The number of nitrogens with zero attached hydrogens (tertiary/aromatic N) is 1. The maximum absolute atomic E-state index is 12.2. The monoisotopic (exact) mass is 362 g/mol. The number of carbonyl (C=O) groups excluding carboxylic acids is 1. The van der Waals surface area contributed by atoms with Crippen LogP contribution in [0.4, 0.5) is 0 Å². The highest BCUT2D eigenvalue weighted by Gasteiger charge is 2.23. The molecule has 5 nitrogen and oxygen atoms in total. The Morgan fingerprint density at radius 2 is 2.05 bits per heavy atom. The minimum atomic E-state index is -3.70. The van der Waals surface area contributed by atoms with Gasteiger partial charge in [0.1, 0.15) is 0 Å². The van der Waals surface area contributed by atoms with E-state index in [-0.39, 0.29) is 10.8 Å². The number of aryl methyl sites for hydroxylation is 1. The smallest absolute Gasteiger partial charge is 0.241 e. The first-order valence-corrected chi connectivity index (χ1v) is 8.50. The van der Waals surface area contributed by atoms with Crippen molar-refractivity contribution in [2.75, 3.05) is 13.6 Å². The third kappa shape index (κ3) is 4.04. The molecule has 0 bridgehead atoms. The minimum Gasteiger partial charge on any atom is -0.345 e. The standard InChI is InChI=1S/C13H19BrN2O3S/c1-5-16(4)13(17)10(3)15-20(18,19)11-6-7-12(14)9(2)8-11/h6-8,10,15H,5H2,1-4H3. The molecular weight excluding hydrogens is 344 g/mol. The molecule has 1 unspecified atom stereocenters. The van der Waals surface area contributed by atoms with Crippen LogP contribution in [0.25, 0.3) is 0 Å². The fourth-order valence-corrected chi connectivity index (χ4v) is 3.15. The summed E-state index contributed by atoms with van der Waals surface area (Å²) in [6, 6.07) is 3.94. The predicted molar refractivity (Wildman–Crippen MR) is 82.0 cm³/mol. The Morgan fingerprint density at radius 3 is 2.55 bits per heavy atom. The second-order valence-electron chi connectivity index (χ2n) is 4.61. The largest absolute Gasteiger partial charge is 0.345 e. The van der Waals surface area contributed by atoms with E-state index in [2.05, 4.69) is 20.7 Å². The van der Waals surface area contributed by atoms with Gasteiger partial charge in [0.05, 0.1) is 10.9 Å². The predicted octanol–water partition coefficient (Wildman–Crippen LogP) is 1.90. The molecule has 0 heterocycles. The molecule has 0 aromatic heterocycles. The maximum atomic E-state index is 12.2. The molecule has 1 N–H and O–H groups in total. The molecule has 7 heteroatoms. The lowest BCUT2D eigenvalue weighted by Crippen LogP contribution is -2.45. The second-order valence-corrected chi connectivity index (χ2v) is 7.17. The van der Waals surface area contributed by atoms with Gasteiger partial charge in [-0.25, -0.2) is 8.42 Å². The van der Waals surface area contributed by atoms with Crippen molar-refractivity contribution in [1.29, 1.82) is 0 Å². The Balaban J connectivity index is 2.95. The lowest BCUT2D eigenvalue weighted by atomic mass is 10.2. The van der Waals surface area contributed by atoms with E-state index in [0.29, 0.717) is 6.54 Å². The summed E-state index contributed by atoms with van der Waals surface area (Å²) in [6.07, 6.45) is 0. The van der Waals surface area contributed by atoms with E-state index in [4.69, 9.17) is 0 Å². The average molecular weight is 363 g/mol. The summed E-state index contributed by atoms with van der Waals surface area (Å²) in [5.74, 6) is -0.259. The number of carbonyl (C=O) groups is 1. The van der Waals surface area contributed by atoms with Gasteiger partial charge in [0.25, 0.3) is 0 Å². The zero-order valence-electron chi connectivity index (χ0n) is 12.0. The van der Waals surface area contributed by atoms with Crippen LogP contribution in [0.15, 0.2) is 27.6 Å². The van der Waals surface area contributed by atoms with Gasteiger partial charge in [-0.3, -0.25) is 4.79 Å². The summed E-state index contributed by atoms with van der Waals surface area (Å²) in [5.41, 5.74) is 0.817. The van der Waals surface area contributed by atoms with Crippen LogP contribution in [0.5, 0.6) is 0 Å². The van der Waals surface area contributed by atoms with Crippen molar-refractivity contribution in [3.8, 4) is 0 Å². The summed E-state index contributed by atoms with van der Waals surface area (Å²) in [6.45, 7) is 5.71. The van der Waals surface area contributed by atoms with Crippen molar-refractivity contribution in [2.24, 2.45) is 0 Å². The first-order valence-electron chi connectivity index (χ1n) is 6.22. The summed E-state index contributed by atoms with van der Waals surface area (Å²) < 4.78 is 27.7. The van der Waals surface area contributed by atoms with Crippen molar-refractivity contribution in [1.82, 2.24) is 9.62 Å². The Labute approximate surface area is 128 Å². The Bertz CT molecular complexity index is 602. The summed E-state index contributed by atoms with van der Waals surface area (Å²) >= 11 is 3.32. The minimum absolute atomic E-state index is 0.150. The number of nitrogens with one attached hydrogen (secondary N) is 1. The molecule has 0 saturated carbocycles. The van der Waals surface area contributed by atoms with Crippen LogP contribution in [-0.4, -0.2) is 38.9 Å². The van der Waals surface area contributed by atoms with Crippen molar-refractivity contribution >= 4 is 31.9 Å². The molecule has 112 valence electrons. The molecule has 0 radical (unpaired) electrons. The summed E-state index contributed by atoms with van der Waals surface area (Å²) in [7, 11) is -2.07. The third-order valence-corrected chi connectivity index (χ3v) is 5.42. The topological polar surface area (TPSA) is 66.5 Å². The Morgan fingerprint density at radius 1 is 1.45 bits per heavy atom.